The van der Waals surface area contributed by atoms with Crippen LogP contribution in [0.2, 0.25) is 0 Å². The fourth-order valence-corrected chi connectivity index (χ4v) is 3.46. The molecular weight excluding hydrogens is 488 g/mol. The van der Waals surface area contributed by atoms with E-state index in [0.717, 1.165) is 0 Å². The van der Waals surface area contributed by atoms with Crippen LogP contribution in [0.1, 0.15) is 25.1 Å². The van der Waals surface area contributed by atoms with Gasteiger partial charge < -0.3 is 36.9 Å². The van der Waals surface area contributed by atoms with Gasteiger partial charge in [0.2, 0.25) is 17.7 Å². The molecule has 0 bridgehead atoms. The molecule has 0 fully saturated rings. The molecule has 0 aliphatic rings. The fraction of sp³-hybridized carbons (Fsp3) is 0.435. The molecule has 2 aromatic rings. The number of benzene rings is 1. The van der Waals surface area contributed by atoms with Crippen LogP contribution in [0.15, 0.2) is 36.8 Å². The molecule has 3 amide bonds. The summed E-state index contributed by atoms with van der Waals surface area (Å²) >= 11 is 4.13. The van der Waals surface area contributed by atoms with Crippen LogP contribution in [0.5, 0.6) is 5.75 Å². The van der Waals surface area contributed by atoms with Crippen molar-refractivity contribution in [3.63, 3.8) is 0 Å². The molecule has 8 N–H and O–H groups in total. The van der Waals surface area contributed by atoms with Crippen molar-refractivity contribution in [2.45, 2.75) is 50.9 Å². The molecule has 0 radical (unpaired) electrons. The SMILES string of the molecule is CC(C)C(N)C(=O)NC(Cc1cnc[nH]1)C(=O)NC(CS)C(=O)NC(Cc1ccc(O)cc1)C(=O)O. The first kappa shape index (κ1) is 28.7. The van der Waals surface area contributed by atoms with E-state index in [2.05, 4.69) is 38.5 Å². The summed E-state index contributed by atoms with van der Waals surface area (Å²) in [5, 5.41) is 26.5. The minimum absolute atomic E-state index is 0.0265. The number of phenolic OH excluding ortho intramolecular Hbond substituents is 1. The van der Waals surface area contributed by atoms with Gasteiger partial charge in [0.1, 0.15) is 23.9 Å². The first-order valence-corrected chi connectivity index (χ1v) is 11.9. The molecule has 4 atom stereocenters. The van der Waals surface area contributed by atoms with E-state index in [0.29, 0.717) is 11.3 Å². The van der Waals surface area contributed by atoms with Gasteiger partial charge in [0.15, 0.2) is 0 Å². The summed E-state index contributed by atoms with van der Waals surface area (Å²) in [4.78, 5) is 56.9. The van der Waals surface area contributed by atoms with Crippen LogP contribution >= 0.6 is 12.6 Å². The number of carboxylic acid groups (broad SMARTS) is 1. The van der Waals surface area contributed by atoms with Gasteiger partial charge >= 0.3 is 5.97 Å². The van der Waals surface area contributed by atoms with Crippen LogP contribution < -0.4 is 21.7 Å². The molecule has 1 aromatic carbocycles. The largest absolute Gasteiger partial charge is 0.508 e. The molecule has 196 valence electrons. The van der Waals surface area contributed by atoms with Crippen molar-refractivity contribution in [2.75, 3.05) is 5.75 Å². The van der Waals surface area contributed by atoms with E-state index in [4.69, 9.17) is 5.73 Å². The van der Waals surface area contributed by atoms with Gasteiger partial charge in [-0.1, -0.05) is 26.0 Å². The number of phenols is 1. The summed E-state index contributed by atoms with van der Waals surface area (Å²) in [5.74, 6) is -3.50. The summed E-state index contributed by atoms with van der Waals surface area (Å²) in [6.45, 7) is 3.54. The Hall–Kier alpha value is -3.58. The number of carbonyl (C=O) groups excluding carboxylic acids is 3. The Kier molecular flexibility index (Phi) is 10.7. The number of nitrogens with zero attached hydrogens (tertiary/aromatic N) is 1. The molecule has 2 rings (SSSR count). The third-order valence-corrected chi connectivity index (χ3v) is 5.80. The second-order valence-corrected chi connectivity index (χ2v) is 8.99. The maximum atomic E-state index is 13.1. The number of imidazole rings is 1. The number of carbonyl (C=O) groups is 4. The van der Waals surface area contributed by atoms with Gasteiger partial charge in [-0.15, -0.1) is 0 Å². The average Bonchev–Trinajstić information content (AvgIpc) is 3.35. The molecule has 13 heteroatoms. The van der Waals surface area contributed by atoms with Crippen LogP contribution in [-0.4, -0.2) is 73.8 Å². The summed E-state index contributed by atoms with van der Waals surface area (Å²) in [5.41, 5.74) is 7.05. The quantitative estimate of drug-likeness (QED) is 0.159. The molecule has 0 aliphatic heterocycles. The molecule has 1 aromatic heterocycles. The molecule has 0 saturated heterocycles. The molecule has 36 heavy (non-hydrogen) atoms. The van der Waals surface area contributed by atoms with Crippen LogP contribution in [0, 0.1) is 5.92 Å². The van der Waals surface area contributed by atoms with E-state index < -0.39 is 47.9 Å². The van der Waals surface area contributed by atoms with Gasteiger partial charge in [0, 0.05) is 30.5 Å². The van der Waals surface area contributed by atoms with Crippen molar-refractivity contribution in [1.29, 1.82) is 0 Å². The highest BCUT2D eigenvalue weighted by Crippen LogP contribution is 2.12. The van der Waals surface area contributed by atoms with Crippen LogP contribution in [0.25, 0.3) is 0 Å². The van der Waals surface area contributed by atoms with Crippen molar-refractivity contribution >= 4 is 36.3 Å². The number of aromatic nitrogens is 2. The number of aromatic amines is 1. The Balaban J connectivity index is 2.10. The molecular formula is C23H32N6O6S. The van der Waals surface area contributed by atoms with E-state index in [1.54, 1.807) is 26.0 Å². The number of hydrogen-bond donors (Lipinski definition) is 8. The maximum absolute atomic E-state index is 13.1. The van der Waals surface area contributed by atoms with Crippen LogP contribution in [-0.2, 0) is 32.0 Å². The van der Waals surface area contributed by atoms with Crippen molar-refractivity contribution < 1.29 is 29.4 Å². The molecule has 4 unspecified atom stereocenters. The minimum atomic E-state index is -1.29. The van der Waals surface area contributed by atoms with Crippen LogP contribution in [0.3, 0.4) is 0 Å². The highest BCUT2D eigenvalue weighted by Gasteiger charge is 2.30. The zero-order valence-corrected chi connectivity index (χ0v) is 20.9. The first-order chi connectivity index (χ1) is 17.0. The number of amides is 3. The lowest BCUT2D eigenvalue weighted by Crippen LogP contribution is -2.58. The molecule has 1 heterocycles. The normalized spacial score (nSPS) is 14.4. The van der Waals surface area contributed by atoms with Crippen molar-refractivity contribution in [1.82, 2.24) is 25.9 Å². The smallest absolute Gasteiger partial charge is 0.326 e. The van der Waals surface area contributed by atoms with Crippen molar-refractivity contribution in [2.24, 2.45) is 11.7 Å². The van der Waals surface area contributed by atoms with E-state index in [9.17, 15) is 29.4 Å². The van der Waals surface area contributed by atoms with Gasteiger partial charge in [-0.2, -0.15) is 12.6 Å². The zero-order valence-electron chi connectivity index (χ0n) is 20.0. The zero-order chi connectivity index (χ0) is 26.8. The second kappa shape index (κ2) is 13.5. The predicted octanol–water partition coefficient (Wildman–Crippen LogP) is -0.647. The topological polar surface area (TPSA) is 200 Å². The van der Waals surface area contributed by atoms with Gasteiger partial charge in [0.05, 0.1) is 12.4 Å². The molecule has 0 saturated carbocycles. The van der Waals surface area contributed by atoms with E-state index in [1.165, 1.54) is 24.7 Å². The fourth-order valence-electron chi connectivity index (χ4n) is 3.20. The lowest BCUT2D eigenvalue weighted by molar-refractivity contribution is -0.142. The summed E-state index contributed by atoms with van der Waals surface area (Å²) in [7, 11) is 0. The Morgan fingerprint density at radius 3 is 2.08 bits per heavy atom. The third kappa shape index (κ3) is 8.57. The minimum Gasteiger partial charge on any atom is -0.508 e. The number of aliphatic carboxylic acids is 1. The first-order valence-electron chi connectivity index (χ1n) is 11.3. The van der Waals surface area contributed by atoms with E-state index in [1.807, 2.05) is 0 Å². The monoisotopic (exact) mass is 520 g/mol. The summed E-state index contributed by atoms with van der Waals surface area (Å²) in [6.07, 6.45) is 2.94. The van der Waals surface area contributed by atoms with Crippen molar-refractivity contribution in [3.8, 4) is 5.75 Å². The van der Waals surface area contributed by atoms with Crippen LogP contribution in [0.4, 0.5) is 0 Å². The Morgan fingerprint density at radius 1 is 0.972 bits per heavy atom. The lowest BCUT2D eigenvalue weighted by atomic mass is 10.0. The number of aromatic hydroxyl groups is 1. The van der Waals surface area contributed by atoms with Gasteiger partial charge in [-0.25, -0.2) is 9.78 Å². The molecule has 0 spiro atoms. The summed E-state index contributed by atoms with van der Waals surface area (Å²) in [6, 6.07) is 1.51. The number of nitrogens with one attached hydrogen (secondary N) is 4. The molecule has 0 aliphatic carbocycles. The maximum Gasteiger partial charge on any atom is 0.326 e. The van der Waals surface area contributed by atoms with E-state index in [-0.39, 0.29) is 30.3 Å². The Bertz CT molecular complexity index is 1030. The highest BCUT2D eigenvalue weighted by molar-refractivity contribution is 7.80. The van der Waals surface area contributed by atoms with Gasteiger partial charge in [-0.3, -0.25) is 14.4 Å². The average molecular weight is 521 g/mol. The summed E-state index contributed by atoms with van der Waals surface area (Å²) < 4.78 is 0. The standard InChI is InChI=1S/C23H32N6O6S/c1-12(2)19(24)22(33)27-16(8-14-9-25-11-26-14)20(31)29-18(10-36)21(32)28-17(23(34)35)7-13-3-5-15(30)6-4-13/h3-6,9,11-12,16-19,30,36H,7-8,10,24H2,1-2H3,(H,25,26)(H,27,33)(H,28,32)(H,29,31)(H,34,35). The Morgan fingerprint density at radius 2 is 1.56 bits per heavy atom. The highest BCUT2D eigenvalue weighted by atomic mass is 32.1. The lowest BCUT2D eigenvalue weighted by Gasteiger charge is -2.25. The number of H-pyrrole nitrogens is 1. The van der Waals surface area contributed by atoms with Gasteiger partial charge in [0.25, 0.3) is 0 Å². The Labute approximate surface area is 213 Å². The molecule has 12 nitrogen and oxygen atoms in total. The third-order valence-electron chi connectivity index (χ3n) is 5.44. The van der Waals surface area contributed by atoms with Gasteiger partial charge in [-0.05, 0) is 23.6 Å². The van der Waals surface area contributed by atoms with Crippen molar-refractivity contribution in [3.05, 3.63) is 48.0 Å². The predicted molar refractivity (Wildman–Crippen MR) is 134 cm³/mol. The number of hydrogen-bond acceptors (Lipinski definition) is 8. The number of rotatable bonds is 13. The number of nitrogens with two attached hydrogens (primary N) is 1. The van der Waals surface area contributed by atoms with E-state index >= 15 is 0 Å². The second-order valence-electron chi connectivity index (χ2n) is 8.63. The number of thiol groups is 1. The number of carboxylic acids is 1.